The summed E-state index contributed by atoms with van der Waals surface area (Å²) in [7, 11) is 0. The number of amides is 2. The van der Waals surface area contributed by atoms with Crippen LogP contribution in [0, 0.1) is 0 Å². The van der Waals surface area contributed by atoms with Crippen LogP contribution in [0.15, 0.2) is 54.7 Å². The fraction of sp³-hybridized carbons (Fsp3) is 0.381. The predicted octanol–water partition coefficient (Wildman–Crippen LogP) is 2.54. The SMILES string of the molecule is O=C(NCC(=O)N1CCCCC1)C(Cc1ccccn1)c1ccccc1. The molecule has 1 atom stereocenters. The van der Waals surface area contributed by atoms with Crippen LogP contribution in [0.25, 0.3) is 0 Å². The Labute approximate surface area is 154 Å². The zero-order valence-electron chi connectivity index (χ0n) is 14.9. The highest BCUT2D eigenvalue weighted by Crippen LogP contribution is 2.20. The minimum absolute atomic E-state index is 0.00250. The van der Waals surface area contributed by atoms with E-state index in [1.807, 2.05) is 53.4 Å². The van der Waals surface area contributed by atoms with Crippen molar-refractivity contribution in [3.8, 4) is 0 Å². The van der Waals surface area contributed by atoms with Gasteiger partial charge in [-0.05, 0) is 37.0 Å². The quantitative estimate of drug-likeness (QED) is 0.870. The molecular weight excluding hydrogens is 326 g/mol. The van der Waals surface area contributed by atoms with E-state index in [0.717, 1.165) is 37.2 Å². The Kier molecular flexibility index (Phi) is 6.36. The van der Waals surface area contributed by atoms with E-state index in [1.165, 1.54) is 6.42 Å². The van der Waals surface area contributed by atoms with Crippen LogP contribution < -0.4 is 5.32 Å². The van der Waals surface area contributed by atoms with E-state index in [9.17, 15) is 9.59 Å². The topological polar surface area (TPSA) is 62.3 Å². The van der Waals surface area contributed by atoms with Crippen molar-refractivity contribution in [2.24, 2.45) is 0 Å². The number of likely N-dealkylation sites (tertiary alicyclic amines) is 1. The number of aromatic nitrogens is 1. The van der Waals surface area contributed by atoms with Gasteiger partial charge in [0, 0.05) is 31.4 Å². The van der Waals surface area contributed by atoms with Crippen molar-refractivity contribution in [1.82, 2.24) is 15.2 Å². The first-order valence-corrected chi connectivity index (χ1v) is 9.24. The Balaban J connectivity index is 1.65. The molecule has 1 aromatic carbocycles. The summed E-state index contributed by atoms with van der Waals surface area (Å²) < 4.78 is 0. The van der Waals surface area contributed by atoms with Crippen molar-refractivity contribution >= 4 is 11.8 Å². The Hall–Kier alpha value is -2.69. The first-order chi connectivity index (χ1) is 12.7. The van der Waals surface area contributed by atoms with E-state index in [2.05, 4.69) is 10.3 Å². The molecule has 5 heteroatoms. The number of benzene rings is 1. The third-order valence-corrected chi connectivity index (χ3v) is 4.78. The van der Waals surface area contributed by atoms with Crippen molar-refractivity contribution in [3.05, 3.63) is 66.0 Å². The number of piperidine rings is 1. The number of carbonyl (C=O) groups excluding carboxylic acids is 2. The van der Waals surface area contributed by atoms with Crippen LogP contribution in [-0.2, 0) is 16.0 Å². The molecule has 3 rings (SSSR count). The fourth-order valence-electron chi connectivity index (χ4n) is 3.32. The van der Waals surface area contributed by atoms with E-state index in [-0.39, 0.29) is 24.3 Å². The number of nitrogens with one attached hydrogen (secondary N) is 1. The van der Waals surface area contributed by atoms with Gasteiger partial charge in [0.1, 0.15) is 0 Å². The summed E-state index contributed by atoms with van der Waals surface area (Å²) in [6.45, 7) is 1.65. The van der Waals surface area contributed by atoms with E-state index >= 15 is 0 Å². The molecule has 26 heavy (non-hydrogen) atoms. The van der Waals surface area contributed by atoms with Gasteiger partial charge in [-0.1, -0.05) is 36.4 Å². The molecule has 136 valence electrons. The maximum atomic E-state index is 12.8. The molecule has 0 saturated carbocycles. The number of hydrogen-bond acceptors (Lipinski definition) is 3. The molecule has 5 nitrogen and oxygen atoms in total. The monoisotopic (exact) mass is 351 g/mol. The van der Waals surface area contributed by atoms with Crippen LogP contribution in [0.5, 0.6) is 0 Å². The van der Waals surface area contributed by atoms with Gasteiger partial charge in [-0.15, -0.1) is 0 Å². The fourth-order valence-corrected chi connectivity index (χ4v) is 3.32. The molecule has 1 aromatic heterocycles. The first-order valence-electron chi connectivity index (χ1n) is 9.24. The lowest BCUT2D eigenvalue weighted by Crippen LogP contribution is -2.43. The molecule has 0 spiro atoms. The molecule has 1 aliphatic rings. The van der Waals surface area contributed by atoms with Gasteiger partial charge in [0.2, 0.25) is 11.8 Å². The minimum Gasteiger partial charge on any atom is -0.346 e. The first kappa shape index (κ1) is 18.1. The molecule has 1 unspecified atom stereocenters. The summed E-state index contributed by atoms with van der Waals surface area (Å²) in [4.78, 5) is 31.3. The maximum Gasteiger partial charge on any atom is 0.241 e. The molecule has 1 aliphatic heterocycles. The van der Waals surface area contributed by atoms with Crippen molar-refractivity contribution in [1.29, 1.82) is 0 Å². The maximum absolute atomic E-state index is 12.8. The Morgan fingerprint density at radius 2 is 1.73 bits per heavy atom. The number of carbonyl (C=O) groups is 2. The molecule has 0 aliphatic carbocycles. The lowest BCUT2D eigenvalue weighted by atomic mass is 9.93. The van der Waals surface area contributed by atoms with Crippen LogP contribution in [-0.4, -0.2) is 41.3 Å². The Bertz CT molecular complexity index is 713. The molecule has 1 N–H and O–H groups in total. The zero-order chi connectivity index (χ0) is 18.2. The molecule has 0 radical (unpaired) electrons. The van der Waals surface area contributed by atoms with E-state index in [4.69, 9.17) is 0 Å². The van der Waals surface area contributed by atoms with Crippen LogP contribution in [0.2, 0.25) is 0 Å². The molecule has 2 amide bonds. The second kappa shape index (κ2) is 9.13. The summed E-state index contributed by atoms with van der Waals surface area (Å²) in [5, 5.41) is 2.84. The van der Waals surface area contributed by atoms with Crippen LogP contribution >= 0.6 is 0 Å². The standard InChI is InChI=1S/C21H25N3O2/c25-20(24-13-7-2-8-14-24)16-23-21(26)19(17-9-3-1-4-10-17)15-18-11-5-6-12-22-18/h1,3-6,9-12,19H,2,7-8,13-16H2,(H,23,26). The van der Waals surface area contributed by atoms with Gasteiger partial charge in [0.15, 0.2) is 0 Å². The Morgan fingerprint density at radius 1 is 1.00 bits per heavy atom. The number of hydrogen-bond donors (Lipinski definition) is 1. The number of pyridine rings is 1. The highest BCUT2D eigenvalue weighted by atomic mass is 16.2. The predicted molar refractivity (Wildman–Crippen MR) is 101 cm³/mol. The van der Waals surface area contributed by atoms with Crippen LogP contribution in [0.3, 0.4) is 0 Å². The lowest BCUT2D eigenvalue weighted by Gasteiger charge is -2.27. The summed E-state index contributed by atoms with van der Waals surface area (Å²) in [6.07, 6.45) is 5.51. The second-order valence-electron chi connectivity index (χ2n) is 6.65. The summed E-state index contributed by atoms with van der Waals surface area (Å²) in [6, 6.07) is 15.4. The minimum atomic E-state index is -0.361. The van der Waals surface area contributed by atoms with E-state index in [0.29, 0.717) is 6.42 Å². The number of rotatable bonds is 6. The third-order valence-electron chi connectivity index (χ3n) is 4.78. The molecule has 2 heterocycles. The van der Waals surface area contributed by atoms with Crippen molar-refractivity contribution < 1.29 is 9.59 Å². The largest absolute Gasteiger partial charge is 0.346 e. The zero-order valence-corrected chi connectivity index (χ0v) is 14.9. The van der Waals surface area contributed by atoms with Gasteiger partial charge in [0.05, 0.1) is 12.5 Å². The van der Waals surface area contributed by atoms with E-state index in [1.54, 1.807) is 6.20 Å². The van der Waals surface area contributed by atoms with Crippen LogP contribution in [0.1, 0.15) is 36.4 Å². The molecular formula is C21H25N3O2. The molecule has 1 fully saturated rings. The van der Waals surface area contributed by atoms with Gasteiger partial charge in [-0.2, -0.15) is 0 Å². The highest BCUT2D eigenvalue weighted by Gasteiger charge is 2.23. The second-order valence-corrected chi connectivity index (χ2v) is 6.65. The highest BCUT2D eigenvalue weighted by molar-refractivity contribution is 5.88. The average Bonchev–Trinajstić information content (AvgIpc) is 2.72. The Morgan fingerprint density at radius 3 is 2.42 bits per heavy atom. The van der Waals surface area contributed by atoms with Gasteiger partial charge in [-0.25, -0.2) is 0 Å². The van der Waals surface area contributed by atoms with Gasteiger partial charge in [0.25, 0.3) is 0 Å². The molecule has 1 saturated heterocycles. The van der Waals surface area contributed by atoms with Crippen molar-refractivity contribution in [2.75, 3.05) is 19.6 Å². The number of nitrogens with zero attached hydrogens (tertiary/aromatic N) is 2. The third kappa shape index (κ3) is 4.91. The summed E-state index contributed by atoms with van der Waals surface area (Å²) in [5.41, 5.74) is 1.79. The van der Waals surface area contributed by atoms with E-state index < -0.39 is 0 Å². The van der Waals surface area contributed by atoms with Crippen molar-refractivity contribution in [2.45, 2.75) is 31.6 Å². The lowest BCUT2D eigenvalue weighted by molar-refractivity contribution is -0.133. The van der Waals surface area contributed by atoms with Gasteiger partial charge >= 0.3 is 0 Å². The van der Waals surface area contributed by atoms with Crippen molar-refractivity contribution in [3.63, 3.8) is 0 Å². The average molecular weight is 351 g/mol. The summed E-state index contributed by atoms with van der Waals surface area (Å²) in [5.74, 6) is -0.491. The van der Waals surface area contributed by atoms with Crippen LogP contribution in [0.4, 0.5) is 0 Å². The smallest absolute Gasteiger partial charge is 0.241 e. The molecule has 2 aromatic rings. The van der Waals surface area contributed by atoms with Gasteiger partial charge in [-0.3, -0.25) is 14.6 Å². The van der Waals surface area contributed by atoms with Gasteiger partial charge < -0.3 is 10.2 Å². The normalized spacial score (nSPS) is 15.3. The summed E-state index contributed by atoms with van der Waals surface area (Å²) >= 11 is 0. The molecule has 0 bridgehead atoms.